The average Bonchev–Trinajstić information content (AvgIpc) is 2.98. The van der Waals surface area contributed by atoms with Crippen molar-refractivity contribution in [3.63, 3.8) is 0 Å². The highest BCUT2D eigenvalue weighted by Gasteiger charge is 2.20. The number of hydrogen-bond donors (Lipinski definition) is 2. The third kappa shape index (κ3) is 1.74. The Morgan fingerprint density at radius 3 is 3.19 bits per heavy atom. The molecule has 0 radical (unpaired) electrons. The molecule has 1 aliphatic rings. The van der Waals surface area contributed by atoms with E-state index in [0.717, 1.165) is 19.6 Å². The molecule has 3 rings (SSSR count). The van der Waals surface area contributed by atoms with Crippen molar-refractivity contribution in [1.82, 2.24) is 25.1 Å². The average molecular weight is 217 g/mol. The van der Waals surface area contributed by atoms with Gasteiger partial charge in [0.25, 0.3) is 0 Å². The maximum Gasteiger partial charge on any atom is 0.0951 e. The summed E-state index contributed by atoms with van der Waals surface area (Å²) < 4.78 is 2.21. The Kier molecular flexibility index (Phi) is 2.46. The SMILES string of the molecule is c1n[nH]cc1Cn1cncc1C1CCNC1. The zero-order chi connectivity index (χ0) is 10.8. The predicted octanol–water partition coefficient (Wildman–Crippen LogP) is 0.731. The Labute approximate surface area is 93.9 Å². The molecule has 0 amide bonds. The first-order valence-electron chi connectivity index (χ1n) is 5.62. The summed E-state index contributed by atoms with van der Waals surface area (Å²) in [6.07, 6.45) is 8.88. The first-order valence-corrected chi connectivity index (χ1v) is 5.62. The number of H-pyrrole nitrogens is 1. The van der Waals surface area contributed by atoms with Crippen LogP contribution >= 0.6 is 0 Å². The third-order valence-corrected chi connectivity index (χ3v) is 3.13. The molecule has 1 aliphatic heterocycles. The van der Waals surface area contributed by atoms with Gasteiger partial charge in [0, 0.05) is 36.1 Å². The summed E-state index contributed by atoms with van der Waals surface area (Å²) in [6.45, 7) is 3.03. The van der Waals surface area contributed by atoms with E-state index in [1.165, 1.54) is 17.7 Å². The Hall–Kier alpha value is -1.62. The van der Waals surface area contributed by atoms with Gasteiger partial charge in [0.15, 0.2) is 0 Å². The molecule has 1 saturated heterocycles. The predicted molar refractivity (Wildman–Crippen MR) is 60.1 cm³/mol. The minimum absolute atomic E-state index is 0.606. The van der Waals surface area contributed by atoms with Crippen LogP contribution in [0.4, 0.5) is 0 Å². The standard InChI is InChI=1S/C11H15N5/c1-2-12-5-10(1)11-6-13-8-16(11)7-9-3-14-15-4-9/h3-4,6,8,10,12H,1-2,5,7H2,(H,14,15). The molecular weight excluding hydrogens is 202 g/mol. The number of nitrogens with one attached hydrogen (secondary N) is 2. The lowest BCUT2D eigenvalue weighted by Gasteiger charge is -2.11. The number of hydrogen-bond acceptors (Lipinski definition) is 3. The number of aromatic nitrogens is 4. The minimum atomic E-state index is 0.606. The van der Waals surface area contributed by atoms with Crippen LogP contribution in [0.2, 0.25) is 0 Å². The summed E-state index contributed by atoms with van der Waals surface area (Å²) in [7, 11) is 0. The zero-order valence-electron chi connectivity index (χ0n) is 9.06. The van der Waals surface area contributed by atoms with Crippen molar-refractivity contribution in [2.24, 2.45) is 0 Å². The summed E-state index contributed by atoms with van der Waals surface area (Å²) in [5.41, 5.74) is 2.51. The molecule has 5 nitrogen and oxygen atoms in total. The molecule has 2 N–H and O–H groups in total. The topological polar surface area (TPSA) is 58.5 Å². The van der Waals surface area contributed by atoms with Gasteiger partial charge in [0.2, 0.25) is 0 Å². The van der Waals surface area contributed by atoms with Gasteiger partial charge in [-0.1, -0.05) is 0 Å². The molecule has 5 heteroatoms. The number of aromatic amines is 1. The van der Waals surface area contributed by atoms with Crippen molar-refractivity contribution in [1.29, 1.82) is 0 Å². The zero-order valence-corrected chi connectivity index (χ0v) is 9.06. The van der Waals surface area contributed by atoms with Crippen LogP contribution in [0, 0.1) is 0 Å². The third-order valence-electron chi connectivity index (χ3n) is 3.13. The molecule has 84 valence electrons. The van der Waals surface area contributed by atoms with Crippen molar-refractivity contribution < 1.29 is 0 Å². The molecule has 16 heavy (non-hydrogen) atoms. The van der Waals surface area contributed by atoms with Crippen molar-refractivity contribution >= 4 is 0 Å². The van der Waals surface area contributed by atoms with Crippen LogP contribution < -0.4 is 5.32 Å². The van der Waals surface area contributed by atoms with Crippen molar-refractivity contribution in [2.45, 2.75) is 18.9 Å². The van der Waals surface area contributed by atoms with Gasteiger partial charge in [-0.3, -0.25) is 5.10 Å². The Morgan fingerprint density at radius 1 is 1.44 bits per heavy atom. The molecule has 0 saturated carbocycles. The maximum atomic E-state index is 4.25. The van der Waals surface area contributed by atoms with E-state index in [1.807, 2.05) is 24.9 Å². The molecule has 2 aromatic heterocycles. The molecule has 0 aromatic carbocycles. The van der Waals surface area contributed by atoms with Gasteiger partial charge in [-0.05, 0) is 13.0 Å². The van der Waals surface area contributed by atoms with Crippen LogP contribution in [0.5, 0.6) is 0 Å². The van der Waals surface area contributed by atoms with Gasteiger partial charge in [0.05, 0.1) is 19.1 Å². The summed E-state index contributed by atoms with van der Waals surface area (Å²) in [4.78, 5) is 4.25. The normalized spacial score (nSPS) is 20.4. The second-order valence-corrected chi connectivity index (χ2v) is 4.24. The quantitative estimate of drug-likeness (QED) is 0.797. The Bertz CT molecular complexity index is 439. The van der Waals surface area contributed by atoms with Gasteiger partial charge in [-0.15, -0.1) is 0 Å². The Balaban J connectivity index is 1.82. The van der Waals surface area contributed by atoms with E-state index in [9.17, 15) is 0 Å². The van der Waals surface area contributed by atoms with Gasteiger partial charge in [-0.2, -0.15) is 5.10 Å². The fourth-order valence-corrected chi connectivity index (χ4v) is 2.27. The highest BCUT2D eigenvalue weighted by atomic mass is 15.1. The second kappa shape index (κ2) is 4.09. The van der Waals surface area contributed by atoms with Gasteiger partial charge in [0.1, 0.15) is 0 Å². The maximum absolute atomic E-state index is 4.25. The minimum Gasteiger partial charge on any atom is -0.330 e. The molecule has 1 atom stereocenters. The first-order chi connectivity index (χ1) is 7.93. The molecule has 0 spiro atoms. The van der Waals surface area contributed by atoms with Crippen LogP contribution in [0.1, 0.15) is 23.6 Å². The lowest BCUT2D eigenvalue weighted by molar-refractivity contribution is 0.654. The van der Waals surface area contributed by atoms with E-state index in [2.05, 4.69) is 25.1 Å². The summed E-state index contributed by atoms with van der Waals surface area (Å²) >= 11 is 0. The smallest absolute Gasteiger partial charge is 0.0951 e. The van der Waals surface area contributed by atoms with Crippen molar-refractivity contribution in [3.8, 4) is 0 Å². The van der Waals surface area contributed by atoms with Crippen LogP contribution in [0.3, 0.4) is 0 Å². The molecule has 0 aliphatic carbocycles. The number of nitrogens with zero attached hydrogens (tertiary/aromatic N) is 3. The second-order valence-electron chi connectivity index (χ2n) is 4.24. The summed E-state index contributed by atoms with van der Waals surface area (Å²) in [5, 5.41) is 10.2. The van der Waals surface area contributed by atoms with Crippen molar-refractivity contribution in [2.75, 3.05) is 13.1 Å². The summed E-state index contributed by atoms with van der Waals surface area (Å²) in [5.74, 6) is 0.606. The van der Waals surface area contributed by atoms with Gasteiger partial charge < -0.3 is 9.88 Å². The van der Waals surface area contributed by atoms with E-state index in [1.54, 1.807) is 0 Å². The number of imidazole rings is 1. The molecular formula is C11H15N5. The molecule has 2 aromatic rings. The number of rotatable bonds is 3. The lowest BCUT2D eigenvalue weighted by atomic mass is 10.1. The van der Waals surface area contributed by atoms with Crippen LogP contribution in [0.25, 0.3) is 0 Å². The lowest BCUT2D eigenvalue weighted by Crippen LogP contribution is -2.11. The van der Waals surface area contributed by atoms with E-state index in [0.29, 0.717) is 5.92 Å². The Morgan fingerprint density at radius 2 is 2.44 bits per heavy atom. The molecule has 1 unspecified atom stereocenters. The monoisotopic (exact) mass is 217 g/mol. The summed E-state index contributed by atoms with van der Waals surface area (Å²) in [6, 6.07) is 0. The van der Waals surface area contributed by atoms with E-state index >= 15 is 0 Å². The van der Waals surface area contributed by atoms with Crippen LogP contribution in [0.15, 0.2) is 24.9 Å². The van der Waals surface area contributed by atoms with E-state index in [4.69, 9.17) is 0 Å². The molecule has 3 heterocycles. The van der Waals surface area contributed by atoms with Crippen LogP contribution in [-0.2, 0) is 6.54 Å². The fourth-order valence-electron chi connectivity index (χ4n) is 2.27. The van der Waals surface area contributed by atoms with Crippen molar-refractivity contribution in [3.05, 3.63) is 36.2 Å². The largest absolute Gasteiger partial charge is 0.330 e. The molecule has 0 bridgehead atoms. The van der Waals surface area contributed by atoms with Crippen LogP contribution in [-0.4, -0.2) is 32.8 Å². The highest BCUT2D eigenvalue weighted by molar-refractivity contribution is 5.13. The van der Waals surface area contributed by atoms with E-state index in [-0.39, 0.29) is 0 Å². The highest BCUT2D eigenvalue weighted by Crippen LogP contribution is 2.22. The molecule has 1 fully saturated rings. The van der Waals surface area contributed by atoms with E-state index < -0.39 is 0 Å². The fraction of sp³-hybridized carbons (Fsp3) is 0.455. The first kappa shape index (κ1) is 9.59. The van der Waals surface area contributed by atoms with Gasteiger partial charge >= 0.3 is 0 Å². The van der Waals surface area contributed by atoms with Gasteiger partial charge in [-0.25, -0.2) is 4.98 Å².